The van der Waals surface area contributed by atoms with Crippen molar-refractivity contribution in [2.75, 3.05) is 0 Å². The number of hydrogen-bond donors (Lipinski definition) is 1. The summed E-state index contributed by atoms with van der Waals surface area (Å²) >= 11 is 5.82. The van der Waals surface area contributed by atoms with Gasteiger partial charge in [0, 0.05) is 17.1 Å². The van der Waals surface area contributed by atoms with Gasteiger partial charge in [-0.2, -0.15) is 0 Å². The Bertz CT molecular complexity index is 494. The zero-order chi connectivity index (χ0) is 13.2. The van der Waals surface area contributed by atoms with Crippen molar-refractivity contribution in [2.24, 2.45) is 11.8 Å². The monoisotopic (exact) mass is 275 g/mol. The molecule has 3 rings (SSSR count). The number of carbonyl (C=O) groups is 1. The van der Waals surface area contributed by atoms with Crippen LogP contribution in [0.25, 0.3) is 6.08 Å². The molecular formula is C16H18ClNO. The van der Waals surface area contributed by atoms with Crippen LogP contribution in [0.15, 0.2) is 30.3 Å². The smallest absolute Gasteiger partial charge is 0.244 e. The van der Waals surface area contributed by atoms with Crippen molar-refractivity contribution in [3.8, 4) is 0 Å². The van der Waals surface area contributed by atoms with Crippen LogP contribution in [0.5, 0.6) is 0 Å². The van der Waals surface area contributed by atoms with E-state index in [4.69, 9.17) is 11.6 Å². The maximum atomic E-state index is 11.9. The number of nitrogens with one attached hydrogen (secondary N) is 1. The molecule has 2 nitrogen and oxygen atoms in total. The van der Waals surface area contributed by atoms with Gasteiger partial charge in [-0.1, -0.05) is 30.2 Å². The Morgan fingerprint density at radius 1 is 1.21 bits per heavy atom. The van der Waals surface area contributed by atoms with Crippen LogP contribution in [0, 0.1) is 11.8 Å². The second-order valence-electron chi connectivity index (χ2n) is 5.67. The lowest BCUT2D eigenvalue weighted by atomic mass is 9.95. The van der Waals surface area contributed by atoms with Crippen LogP contribution >= 0.6 is 11.6 Å². The van der Waals surface area contributed by atoms with E-state index in [0.29, 0.717) is 11.1 Å². The molecule has 0 aliphatic heterocycles. The lowest BCUT2D eigenvalue weighted by molar-refractivity contribution is -0.117. The van der Waals surface area contributed by atoms with E-state index in [1.807, 2.05) is 30.3 Å². The summed E-state index contributed by atoms with van der Waals surface area (Å²) < 4.78 is 0. The van der Waals surface area contributed by atoms with Crippen LogP contribution < -0.4 is 5.32 Å². The molecule has 0 unspecified atom stereocenters. The first kappa shape index (κ1) is 12.7. The molecule has 2 bridgehead atoms. The van der Waals surface area contributed by atoms with Gasteiger partial charge in [-0.3, -0.25) is 4.79 Å². The van der Waals surface area contributed by atoms with Crippen molar-refractivity contribution in [3.63, 3.8) is 0 Å². The van der Waals surface area contributed by atoms with Crippen LogP contribution in [0.4, 0.5) is 0 Å². The van der Waals surface area contributed by atoms with Crippen LogP contribution in [-0.2, 0) is 4.79 Å². The molecule has 19 heavy (non-hydrogen) atoms. The molecule has 0 spiro atoms. The Balaban J connectivity index is 1.55. The van der Waals surface area contributed by atoms with E-state index in [-0.39, 0.29) is 5.91 Å². The van der Waals surface area contributed by atoms with E-state index in [0.717, 1.165) is 17.4 Å². The minimum Gasteiger partial charge on any atom is -0.350 e. The van der Waals surface area contributed by atoms with E-state index in [2.05, 4.69) is 5.32 Å². The fraction of sp³-hybridized carbons (Fsp3) is 0.438. The third-order valence-electron chi connectivity index (χ3n) is 4.36. The molecule has 0 saturated heterocycles. The highest BCUT2D eigenvalue weighted by molar-refractivity contribution is 6.30. The Morgan fingerprint density at radius 2 is 2.00 bits per heavy atom. The van der Waals surface area contributed by atoms with Gasteiger partial charge in [0.25, 0.3) is 0 Å². The average Bonchev–Trinajstić information content (AvgIpc) is 3.00. The molecule has 0 aromatic heterocycles. The second-order valence-corrected chi connectivity index (χ2v) is 6.11. The fourth-order valence-corrected chi connectivity index (χ4v) is 3.52. The quantitative estimate of drug-likeness (QED) is 0.838. The number of rotatable bonds is 3. The summed E-state index contributed by atoms with van der Waals surface area (Å²) in [4.78, 5) is 11.9. The van der Waals surface area contributed by atoms with Crippen molar-refractivity contribution in [3.05, 3.63) is 40.9 Å². The summed E-state index contributed by atoms with van der Waals surface area (Å²) in [5.74, 6) is 1.60. The third-order valence-corrected chi connectivity index (χ3v) is 4.61. The Hall–Kier alpha value is -1.28. The molecule has 1 amide bonds. The number of carbonyl (C=O) groups excluding carboxylic acids is 1. The summed E-state index contributed by atoms with van der Waals surface area (Å²) in [6.45, 7) is 0. The highest BCUT2D eigenvalue weighted by Gasteiger charge is 2.39. The molecular weight excluding hydrogens is 258 g/mol. The first-order valence-corrected chi connectivity index (χ1v) is 7.32. The predicted octanol–water partition coefficient (Wildman–Crippen LogP) is 3.66. The van der Waals surface area contributed by atoms with Crippen LogP contribution in [0.2, 0.25) is 5.02 Å². The maximum Gasteiger partial charge on any atom is 0.244 e. The van der Waals surface area contributed by atoms with Crippen LogP contribution in [0.1, 0.15) is 31.2 Å². The average molecular weight is 276 g/mol. The molecule has 2 aliphatic rings. The highest BCUT2D eigenvalue weighted by atomic mass is 35.5. The molecule has 0 radical (unpaired) electrons. The minimum atomic E-state index is 0.0208. The Kier molecular flexibility index (Phi) is 3.61. The molecule has 2 saturated carbocycles. The molecule has 3 heteroatoms. The van der Waals surface area contributed by atoms with Gasteiger partial charge < -0.3 is 5.32 Å². The summed E-state index contributed by atoms with van der Waals surface area (Å²) in [5, 5.41) is 3.85. The van der Waals surface area contributed by atoms with Gasteiger partial charge in [-0.15, -0.1) is 0 Å². The van der Waals surface area contributed by atoms with Gasteiger partial charge in [-0.25, -0.2) is 0 Å². The molecule has 1 aromatic carbocycles. The normalized spacial score (nSPS) is 29.0. The van der Waals surface area contributed by atoms with Gasteiger partial charge in [0.2, 0.25) is 5.91 Å². The molecule has 1 aromatic rings. The summed E-state index contributed by atoms with van der Waals surface area (Å²) in [6, 6.07) is 7.87. The lowest BCUT2D eigenvalue weighted by Gasteiger charge is -2.22. The van der Waals surface area contributed by atoms with Crippen LogP contribution in [-0.4, -0.2) is 11.9 Å². The van der Waals surface area contributed by atoms with Crippen molar-refractivity contribution >= 4 is 23.6 Å². The second kappa shape index (κ2) is 5.38. The summed E-state index contributed by atoms with van der Waals surface area (Å²) in [7, 11) is 0. The van der Waals surface area contributed by atoms with Gasteiger partial charge >= 0.3 is 0 Å². The minimum absolute atomic E-state index is 0.0208. The van der Waals surface area contributed by atoms with Gasteiger partial charge in [-0.05, 0) is 54.9 Å². The Labute approximate surface area is 118 Å². The zero-order valence-electron chi connectivity index (χ0n) is 10.8. The number of hydrogen-bond acceptors (Lipinski definition) is 1. The number of benzene rings is 1. The summed E-state index contributed by atoms with van der Waals surface area (Å²) in [6.07, 6.45) is 8.58. The molecule has 2 fully saturated rings. The highest BCUT2D eigenvalue weighted by Crippen LogP contribution is 2.44. The summed E-state index contributed by atoms with van der Waals surface area (Å²) in [5.41, 5.74) is 0.993. The molecule has 2 aliphatic carbocycles. The maximum absolute atomic E-state index is 11.9. The standard InChI is InChI=1S/C16H18ClNO/c17-14-6-2-11(3-7-14)4-8-16(19)18-15-10-12-1-5-13(15)9-12/h2-4,6-8,12-13,15H,1,5,9-10H2,(H,18,19)/b8-4+/t12-,13-,15+/m1/s1. The number of halogens is 1. The number of fused-ring (bicyclic) bond motifs is 2. The van der Waals surface area contributed by atoms with Crippen molar-refractivity contribution < 1.29 is 4.79 Å². The van der Waals surface area contributed by atoms with Crippen molar-refractivity contribution in [1.29, 1.82) is 0 Å². The first-order valence-electron chi connectivity index (χ1n) is 6.95. The molecule has 0 heterocycles. The van der Waals surface area contributed by atoms with E-state index < -0.39 is 0 Å². The molecule has 1 N–H and O–H groups in total. The first-order chi connectivity index (χ1) is 9.20. The molecule has 3 atom stereocenters. The van der Waals surface area contributed by atoms with Gasteiger partial charge in [0.05, 0.1) is 0 Å². The van der Waals surface area contributed by atoms with E-state index in [1.165, 1.54) is 25.7 Å². The van der Waals surface area contributed by atoms with E-state index >= 15 is 0 Å². The Morgan fingerprint density at radius 3 is 2.63 bits per heavy atom. The largest absolute Gasteiger partial charge is 0.350 e. The van der Waals surface area contributed by atoms with Crippen molar-refractivity contribution in [2.45, 2.75) is 31.7 Å². The predicted molar refractivity (Wildman–Crippen MR) is 77.9 cm³/mol. The topological polar surface area (TPSA) is 29.1 Å². The SMILES string of the molecule is O=C(/C=C/c1ccc(Cl)cc1)N[C@H]1C[C@@H]2CC[C@@H]1C2. The third kappa shape index (κ3) is 3.01. The van der Waals surface area contributed by atoms with E-state index in [1.54, 1.807) is 6.08 Å². The fourth-order valence-electron chi connectivity index (χ4n) is 3.40. The zero-order valence-corrected chi connectivity index (χ0v) is 11.6. The van der Waals surface area contributed by atoms with Crippen molar-refractivity contribution in [1.82, 2.24) is 5.32 Å². The lowest BCUT2D eigenvalue weighted by Crippen LogP contribution is -2.37. The molecule has 100 valence electrons. The van der Waals surface area contributed by atoms with E-state index in [9.17, 15) is 4.79 Å². The van der Waals surface area contributed by atoms with Gasteiger partial charge in [0.15, 0.2) is 0 Å². The van der Waals surface area contributed by atoms with Crippen LogP contribution in [0.3, 0.4) is 0 Å². The number of amides is 1. The van der Waals surface area contributed by atoms with Gasteiger partial charge in [0.1, 0.15) is 0 Å².